The van der Waals surface area contributed by atoms with Crippen molar-refractivity contribution >= 4 is 5.97 Å². The molecule has 106 valence electrons. The van der Waals surface area contributed by atoms with Crippen LogP contribution in [0.2, 0.25) is 0 Å². The third-order valence-electron chi connectivity index (χ3n) is 2.25. The van der Waals surface area contributed by atoms with Crippen LogP contribution >= 0.6 is 0 Å². The van der Waals surface area contributed by atoms with Crippen molar-refractivity contribution in [2.75, 3.05) is 0 Å². The number of allylic oxidation sites excluding steroid dienone is 4. The molecule has 0 saturated carbocycles. The van der Waals surface area contributed by atoms with E-state index < -0.39 is 23.4 Å². The van der Waals surface area contributed by atoms with E-state index in [2.05, 4.69) is 11.0 Å². The van der Waals surface area contributed by atoms with Crippen molar-refractivity contribution in [3.63, 3.8) is 0 Å². The molecule has 0 aliphatic heterocycles. The van der Waals surface area contributed by atoms with Gasteiger partial charge in [0.1, 0.15) is 5.56 Å². The van der Waals surface area contributed by atoms with Crippen LogP contribution in [0.25, 0.3) is 0 Å². The van der Waals surface area contributed by atoms with E-state index in [0.29, 0.717) is 5.57 Å². The average Bonchev–Trinajstić information content (AvgIpc) is 2.73. The van der Waals surface area contributed by atoms with E-state index in [1.54, 1.807) is 19.1 Å². The SMILES string of the molecule is C#C/C=C\C=C(\C)Cn1cc(C(=O)O)c(C(F)(F)F)n1. The number of carbonyl (C=O) groups is 1. The summed E-state index contributed by atoms with van der Waals surface area (Å²) in [5.41, 5.74) is -1.61. The molecule has 0 aliphatic carbocycles. The molecule has 4 nitrogen and oxygen atoms in total. The maximum atomic E-state index is 12.6. The van der Waals surface area contributed by atoms with Gasteiger partial charge in [0.05, 0.1) is 6.54 Å². The minimum atomic E-state index is -4.81. The van der Waals surface area contributed by atoms with E-state index in [9.17, 15) is 18.0 Å². The lowest BCUT2D eigenvalue weighted by Crippen LogP contribution is -2.12. The summed E-state index contributed by atoms with van der Waals surface area (Å²) < 4.78 is 38.8. The second-order valence-corrected chi connectivity index (χ2v) is 3.93. The fourth-order valence-corrected chi connectivity index (χ4v) is 1.44. The fraction of sp³-hybridized carbons (Fsp3) is 0.231. The summed E-state index contributed by atoms with van der Waals surface area (Å²) in [4.78, 5) is 10.8. The van der Waals surface area contributed by atoms with E-state index in [1.807, 2.05) is 0 Å². The molecule has 0 unspecified atom stereocenters. The van der Waals surface area contributed by atoms with Gasteiger partial charge in [0.25, 0.3) is 0 Å². The zero-order chi connectivity index (χ0) is 15.3. The highest BCUT2D eigenvalue weighted by Crippen LogP contribution is 2.30. The Balaban J connectivity index is 3.05. The van der Waals surface area contributed by atoms with Crippen LogP contribution < -0.4 is 0 Å². The molecule has 0 bridgehead atoms. The predicted molar refractivity (Wildman–Crippen MR) is 65.9 cm³/mol. The first-order chi connectivity index (χ1) is 9.25. The van der Waals surface area contributed by atoms with Crippen LogP contribution in [0.15, 0.2) is 30.0 Å². The van der Waals surface area contributed by atoms with Crippen LogP contribution in [0, 0.1) is 12.3 Å². The Kier molecular flexibility index (Phi) is 4.75. The highest BCUT2D eigenvalue weighted by molar-refractivity contribution is 5.88. The number of aromatic nitrogens is 2. The monoisotopic (exact) mass is 284 g/mol. The van der Waals surface area contributed by atoms with Gasteiger partial charge in [-0.2, -0.15) is 18.3 Å². The maximum Gasteiger partial charge on any atom is 0.436 e. The molecule has 1 rings (SSSR count). The summed E-state index contributed by atoms with van der Waals surface area (Å²) in [6, 6.07) is 0. The zero-order valence-corrected chi connectivity index (χ0v) is 10.5. The van der Waals surface area contributed by atoms with Crippen molar-refractivity contribution in [2.24, 2.45) is 0 Å². The van der Waals surface area contributed by atoms with Gasteiger partial charge >= 0.3 is 12.1 Å². The van der Waals surface area contributed by atoms with E-state index >= 15 is 0 Å². The Morgan fingerprint density at radius 3 is 2.70 bits per heavy atom. The molecule has 0 aromatic carbocycles. The molecule has 0 saturated heterocycles. The molecular formula is C13H11F3N2O2. The maximum absolute atomic E-state index is 12.6. The molecule has 1 aromatic heterocycles. The zero-order valence-electron chi connectivity index (χ0n) is 10.5. The molecule has 1 heterocycles. The number of terminal acetylenes is 1. The van der Waals surface area contributed by atoms with Gasteiger partial charge in [0, 0.05) is 6.20 Å². The highest BCUT2D eigenvalue weighted by Gasteiger charge is 2.39. The molecule has 20 heavy (non-hydrogen) atoms. The first-order valence-corrected chi connectivity index (χ1v) is 5.42. The second kappa shape index (κ2) is 6.10. The molecule has 1 N–H and O–H groups in total. The molecule has 0 atom stereocenters. The number of carboxylic acids is 1. The van der Waals surface area contributed by atoms with Gasteiger partial charge < -0.3 is 5.11 Å². The minimum Gasteiger partial charge on any atom is -0.478 e. The van der Waals surface area contributed by atoms with E-state index in [4.69, 9.17) is 11.5 Å². The Hall–Kier alpha value is -2.49. The Bertz CT molecular complexity index is 604. The van der Waals surface area contributed by atoms with Gasteiger partial charge in [-0.1, -0.05) is 23.6 Å². The van der Waals surface area contributed by atoms with Gasteiger partial charge in [0.2, 0.25) is 0 Å². The van der Waals surface area contributed by atoms with Gasteiger partial charge in [-0.25, -0.2) is 4.79 Å². The third kappa shape index (κ3) is 4.02. The van der Waals surface area contributed by atoms with Crippen molar-refractivity contribution in [3.05, 3.63) is 41.3 Å². The van der Waals surface area contributed by atoms with Gasteiger partial charge in [-0.05, 0) is 13.0 Å². The smallest absolute Gasteiger partial charge is 0.436 e. The lowest BCUT2D eigenvalue weighted by atomic mass is 10.2. The molecule has 0 radical (unpaired) electrons. The Morgan fingerprint density at radius 1 is 1.60 bits per heavy atom. The van der Waals surface area contributed by atoms with Crippen LogP contribution in [-0.2, 0) is 12.7 Å². The fourth-order valence-electron chi connectivity index (χ4n) is 1.44. The first kappa shape index (κ1) is 15.6. The van der Waals surface area contributed by atoms with Gasteiger partial charge in [-0.15, -0.1) is 6.42 Å². The van der Waals surface area contributed by atoms with Gasteiger partial charge in [0.15, 0.2) is 5.69 Å². The molecule has 0 aliphatic rings. The van der Waals surface area contributed by atoms with Crippen LogP contribution in [0.5, 0.6) is 0 Å². The Morgan fingerprint density at radius 2 is 2.25 bits per heavy atom. The largest absolute Gasteiger partial charge is 0.478 e. The number of halogens is 3. The number of hydrogen-bond donors (Lipinski definition) is 1. The van der Waals surface area contributed by atoms with Crippen LogP contribution in [0.3, 0.4) is 0 Å². The van der Waals surface area contributed by atoms with E-state index in [-0.39, 0.29) is 6.54 Å². The van der Waals surface area contributed by atoms with Crippen LogP contribution in [0.1, 0.15) is 23.0 Å². The molecule has 1 aromatic rings. The summed E-state index contributed by atoms with van der Waals surface area (Å²) in [5.74, 6) is 0.592. The standard InChI is InChI=1S/C13H11F3N2O2/c1-3-4-5-6-9(2)7-18-8-10(12(19)20)11(17-18)13(14,15)16/h1,4-6,8H,7H2,2H3,(H,19,20)/b5-4-,9-6-. The summed E-state index contributed by atoms with van der Waals surface area (Å²) in [7, 11) is 0. The highest BCUT2D eigenvalue weighted by atomic mass is 19.4. The molecule has 7 heteroatoms. The quantitative estimate of drug-likeness (QED) is 0.683. The summed E-state index contributed by atoms with van der Waals surface area (Å²) >= 11 is 0. The van der Waals surface area contributed by atoms with E-state index in [0.717, 1.165) is 10.9 Å². The van der Waals surface area contributed by atoms with Crippen molar-refractivity contribution in [1.29, 1.82) is 0 Å². The third-order valence-corrected chi connectivity index (χ3v) is 2.25. The lowest BCUT2D eigenvalue weighted by molar-refractivity contribution is -0.142. The van der Waals surface area contributed by atoms with Crippen LogP contribution in [-0.4, -0.2) is 20.9 Å². The lowest BCUT2D eigenvalue weighted by Gasteiger charge is -2.03. The molecule has 0 spiro atoms. The number of hydrogen-bond acceptors (Lipinski definition) is 2. The van der Waals surface area contributed by atoms with Crippen molar-refractivity contribution in [2.45, 2.75) is 19.6 Å². The molecular weight excluding hydrogens is 273 g/mol. The number of alkyl halides is 3. The second-order valence-electron chi connectivity index (χ2n) is 3.93. The summed E-state index contributed by atoms with van der Waals surface area (Å²) in [6.07, 6.45) is 5.64. The molecule has 0 fully saturated rings. The Labute approximate surface area is 113 Å². The van der Waals surface area contributed by atoms with Crippen molar-refractivity contribution in [1.82, 2.24) is 9.78 Å². The average molecular weight is 284 g/mol. The topological polar surface area (TPSA) is 55.1 Å². The number of nitrogens with zero attached hydrogens (tertiary/aromatic N) is 2. The summed E-state index contributed by atoms with van der Waals surface area (Å²) in [6.45, 7) is 1.70. The van der Waals surface area contributed by atoms with E-state index in [1.165, 1.54) is 6.08 Å². The van der Waals surface area contributed by atoms with Crippen molar-refractivity contribution in [3.8, 4) is 12.3 Å². The summed E-state index contributed by atoms with van der Waals surface area (Å²) in [5, 5.41) is 12.0. The molecule has 0 amide bonds. The van der Waals surface area contributed by atoms with Crippen LogP contribution in [0.4, 0.5) is 13.2 Å². The van der Waals surface area contributed by atoms with Crippen molar-refractivity contribution < 1.29 is 23.1 Å². The predicted octanol–water partition coefficient (Wildman–Crippen LogP) is 2.74. The normalized spacial score (nSPS) is 12.7. The minimum absolute atomic E-state index is 0.0330. The number of carboxylic acid groups (broad SMARTS) is 1. The number of aromatic carboxylic acids is 1. The number of rotatable bonds is 4. The first-order valence-electron chi connectivity index (χ1n) is 5.42. The van der Waals surface area contributed by atoms with Gasteiger partial charge in [-0.3, -0.25) is 4.68 Å².